The lowest BCUT2D eigenvalue weighted by Crippen LogP contribution is -2.49. The van der Waals surface area contributed by atoms with Gasteiger partial charge in [-0.1, -0.05) is 19.8 Å². The SMILES string of the molecule is CCCC[C@H](NC(=O)NCC(C)(C)OC)C(=O)O. The number of carbonyl (C=O) groups excluding carboxylic acids is 1. The van der Waals surface area contributed by atoms with E-state index < -0.39 is 23.6 Å². The van der Waals surface area contributed by atoms with E-state index in [4.69, 9.17) is 9.84 Å². The Bertz CT molecular complexity index is 279. The molecule has 0 aliphatic rings. The largest absolute Gasteiger partial charge is 0.480 e. The third-order valence-corrected chi connectivity index (χ3v) is 2.68. The van der Waals surface area contributed by atoms with E-state index in [9.17, 15) is 9.59 Å². The van der Waals surface area contributed by atoms with Gasteiger partial charge in [0, 0.05) is 13.7 Å². The molecule has 6 heteroatoms. The lowest BCUT2D eigenvalue weighted by atomic mass is 10.1. The van der Waals surface area contributed by atoms with Gasteiger partial charge in [-0.15, -0.1) is 0 Å². The summed E-state index contributed by atoms with van der Waals surface area (Å²) >= 11 is 0. The van der Waals surface area contributed by atoms with E-state index in [-0.39, 0.29) is 0 Å². The van der Waals surface area contributed by atoms with E-state index in [1.807, 2.05) is 20.8 Å². The third kappa shape index (κ3) is 7.11. The van der Waals surface area contributed by atoms with E-state index in [1.54, 1.807) is 7.11 Å². The van der Waals surface area contributed by atoms with Crippen LogP contribution in [0.15, 0.2) is 0 Å². The van der Waals surface area contributed by atoms with Crippen LogP contribution >= 0.6 is 0 Å². The summed E-state index contributed by atoms with van der Waals surface area (Å²) in [4.78, 5) is 22.5. The standard InChI is InChI=1S/C12H24N2O4/c1-5-6-7-9(10(15)16)14-11(17)13-8-12(2,3)18-4/h9H,5-8H2,1-4H3,(H,15,16)(H2,13,14,17)/t9-/m0/s1. The maximum Gasteiger partial charge on any atom is 0.326 e. The summed E-state index contributed by atoms with van der Waals surface area (Å²) < 4.78 is 5.15. The number of aliphatic carboxylic acids is 1. The Hall–Kier alpha value is -1.30. The average molecular weight is 260 g/mol. The number of hydrogen-bond acceptors (Lipinski definition) is 3. The Morgan fingerprint density at radius 3 is 2.44 bits per heavy atom. The first kappa shape index (κ1) is 16.7. The molecule has 2 amide bonds. The van der Waals surface area contributed by atoms with E-state index in [1.165, 1.54) is 0 Å². The number of rotatable bonds is 8. The number of carboxylic acid groups (broad SMARTS) is 1. The van der Waals surface area contributed by atoms with Crippen LogP contribution < -0.4 is 10.6 Å². The second-order valence-corrected chi connectivity index (χ2v) is 4.82. The molecular weight excluding hydrogens is 236 g/mol. The van der Waals surface area contributed by atoms with Crippen LogP contribution in [0.1, 0.15) is 40.0 Å². The first-order chi connectivity index (χ1) is 8.32. The fourth-order valence-electron chi connectivity index (χ4n) is 1.24. The van der Waals surface area contributed by atoms with E-state index in [0.29, 0.717) is 13.0 Å². The maximum absolute atomic E-state index is 11.5. The first-order valence-electron chi connectivity index (χ1n) is 6.14. The molecule has 106 valence electrons. The molecule has 0 aromatic heterocycles. The molecule has 0 fully saturated rings. The predicted octanol–water partition coefficient (Wildman–Crippen LogP) is 1.35. The molecule has 3 N–H and O–H groups in total. The van der Waals surface area contributed by atoms with Gasteiger partial charge in [0.25, 0.3) is 0 Å². The number of urea groups is 1. The van der Waals surface area contributed by atoms with Crippen LogP contribution in [-0.4, -0.2) is 42.4 Å². The number of amides is 2. The van der Waals surface area contributed by atoms with Gasteiger partial charge < -0.3 is 20.5 Å². The number of hydrogen-bond donors (Lipinski definition) is 3. The van der Waals surface area contributed by atoms with Crippen LogP contribution in [0.3, 0.4) is 0 Å². The van der Waals surface area contributed by atoms with Crippen LogP contribution in [0, 0.1) is 0 Å². The molecule has 0 aliphatic heterocycles. The van der Waals surface area contributed by atoms with Crippen molar-refractivity contribution in [3.8, 4) is 0 Å². The molecule has 0 aromatic carbocycles. The van der Waals surface area contributed by atoms with Gasteiger partial charge >= 0.3 is 12.0 Å². The van der Waals surface area contributed by atoms with Crippen molar-refractivity contribution >= 4 is 12.0 Å². The molecule has 0 saturated carbocycles. The molecule has 0 rings (SSSR count). The van der Waals surface area contributed by atoms with Crippen LogP contribution in [0.4, 0.5) is 4.79 Å². The topological polar surface area (TPSA) is 87.7 Å². The molecule has 0 spiro atoms. The van der Waals surface area contributed by atoms with Gasteiger partial charge in [-0.25, -0.2) is 9.59 Å². The second kappa shape index (κ2) is 7.92. The van der Waals surface area contributed by atoms with Gasteiger partial charge in [0.05, 0.1) is 5.60 Å². The molecule has 1 atom stereocenters. The smallest absolute Gasteiger partial charge is 0.326 e. The van der Waals surface area contributed by atoms with Gasteiger partial charge in [0.2, 0.25) is 0 Å². The minimum absolute atomic E-state index is 0.315. The Kier molecular flexibility index (Phi) is 7.35. The first-order valence-corrected chi connectivity index (χ1v) is 6.14. The lowest BCUT2D eigenvalue weighted by molar-refractivity contribution is -0.139. The predicted molar refractivity (Wildman–Crippen MR) is 68.6 cm³/mol. The number of methoxy groups -OCH3 is 1. The molecule has 0 saturated heterocycles. The van der Waals surface area contributed by atoms with Crippen molar-refractivity contribution < 1.29 is 19.4 Å². The van der Waals surface area contributed by atoms with Gasteiger partial charge in [-0.2, -0.15) is 0 Å². The molecule has 0 aliphatic carbocycles. The highest BCUT2D eigenvalue weighted by Crippen LogP contribution is 2.05. The summed E-state index contributed by atoms with van der Waals surface area (Å²) in [6.45, 7) is 5.95. The van der Waals surface area contributed by atoms with Gasteiger partial charge in [0.15, 0.2) is 0 Å². The third-order valence-electron chi connectivity index (χ3n) is 2.68. The summed E-state index contributed by atoms with van der Waals surface area (Å²) in [6.07, 6.45) is 2.09. The summed E-state index contributed by atoms with van der Waals surface area (Å²) in [7, 11) is 1.56. The number of nitrogens with one attached hydrogen (secondary N) is 2. The number of unbranched alkanes of at least 4 members (excludes halogenated alkanes) is 1. The average Bonchev–Trinajstić information content (AvgIpc) is 2.31. The minimum Gasteiger partial charge on any atom is -0.480 e. The van der Waals surface area contributed by atoms with E-state index >= 15 is 0 Å². The summed E-state index contributed by atoms with van der Waals surface area (Å²) in [5.74, 6) is -1.01. The van der Waals surface area contributed by atoms with Crippen LogP contribution in [-0.2, 0) is 9.53 Å². The molecule has 18 heavy (non-hydrogen) atoms. The fourth-order valence-corrected chi connectivity index (χ4v) is 1.24. The van der Waals surface area contributed by atoms with Crippen molar-refractivity contribution in [3.05, 3.63) is 0 Å². The molecule has 0 aromatic rings. The molecule has 0 heterocycles. The zero-order valence-corrected chi connectivity index (χ0v) is 11.6. The summed E-state index contributed by atoms with van der Waals surface area (Å²) in [5, 5.41) is 14.0. The molecule has 0 unspecified atom stereocenters. The molecule has 0 radical (unpaired) electrons. The number of carboxylic acids is 1. The van der Waals surface area contributed by atoms with Crippen LogP contribution in [0.25, 0.3) is 0 Å². The van der Waals surface area contributed by atoms with Gasteiger partial charge in [-0.05, 0) is 20.3 Å². The second-order valence-electron chi connectivity index (χ2n) is 4.82. The van der Waals surface area contributed by atoms with Crippen molar-refractivity contribution in [1.29, 1.82) is 0 Å². The lowest BCUT2D eigenvalue weighted by Gasteiger charge is -2.24. The van der Waals surface area contributed by atoms with Crippen molar-refractivity contribution in [3.63, 3.8) is 0 Å². The Balaban J connectivity index is 4.14. The van der Waals surface area contributed by atoms with Crippen molar-refractivity contribution in [1.82, 2.24) is 10.6 Å². The molecule has 0 bridgehead atoms. The van der Waals surface area contributed by atoms with Crippen LogP contribution in [0.5, 0.6) is 0 Å². The summed E-state index contributed by atoms with van der Waals surface area (Å²) in [6, 6.07) is -1.32. The Morgan fingerprint density at radius 2 is 2.00 bits per heavy atom. The van der Waals surface area contributed by atoms with Crippen molar-refractivity contribution in [2.45, 2.75) is 51.7 Å². The highest BCUT2D eigenvalue weighted by Gasteiger charge is 2.21. The van der Waals surface area contributed by atoms with Gasteiger partial charge in [0.1, 0.15) is 6.04 Å². The zero-order valence-electron chi connectivity index (χ0n) is 11.6. The maximum atomic E-state index is 11.5. The molecular formula is C12H24N2O4. The van der Waals surface area contributed by atoms with Crippen molar-refractivity contribution in [2.24, 2.45) is 0 Å². The Labute approximate surface area is 108 Å². The fraction of sp³-hybridized carbons (Fsp3) is 0.833. The monoisotopic (exact) mass is 260 g/mol. The normalized spacial score (nSPS) is 12.9. The van der Waals surface area contributed by atoms with Crippen molar-refractivity contribution in [2.75, 3.05) is 13.7 Å². The van der Waals surface area contributed by atoms with E-state index in [0.717, 1.165) is 12.8 Å². The van der Waals surface area contributed by atoms with Crippen LogP contribution in [0.2, 0.25) is 0 Å². The quantitative estimate of drug-likeness (QED) is 0.615. The number of ether oxygens (including phenoxy) is 1. The Morgan fingerprint density at radius 1 is 1.39 bits per heavy atom. The summed E-state index contributed by atoms with van der Waals surface area (Å²) in [5.41, 5.74) is -0.473. The minimum atomic E-state index is -1.01. The highest BCUT2D eigenvalue weighted by atomic mass is 16.5. The van der Waals surface area contributed by atoms with Gasteiger partial charge in [-0.3, -0.25) is 0 Å². The zero-order chi connectivity index (χ0) is 14.2. The van der Waals surface area contributed by atoms with E-state index in [2.05, 4.69) is 10.6 Å². The molecule has 6 nitrogen and oxygen atoms in total. The highest BCUT2D eigenvalue weighted by molar-refractivity contribution is 5.82. The number of carbonyl (C=O) groups is 2.